The van der Waals surface area contributed by atoms with Gasteiger partial charge in [-0.05, 0) is 86.5 Å². The number of nitrogens with zero attached hydrogens (tertiary/aromatic N) is 2. The van der Waals surface area contributed by atoms with Gasteiger partial charge in [-0.15, -0.1) is 0 Å². The summed E-state index contributed by atoms with van der Waals surface area (Å²) in [6, 6.07) is 18.5. The molecule has 1 aromatic heterocycles. The molecule has 0 aliphatic heterocycles. The monoisotopic (exact) mass is 428 g/mol. The summed E-state index contributed by atoms with van der Waals surface area (Å²) in [5.41, 5.74) is 3.90. The molecule has 6 nitrogen and oxygen atoms in total. The minimum absolute atomic E-state index is 0.0970. The fourth-order valence-corrected chi connectivity index (χ4v) is 3.66. The van der Waals surface area contributed by atoms with Crippen LogP contribution in [0, 0.1) is 12.7 Å². The number of nitrogens with one attached hydrogen (secondary N) is 2. The Labute approximate surface area is 184 Å². The van der Waals surface area contributed by atoms with Crippen LogP contribution in [0.2, 0.25) is 0 Å². The average Bonchev–Trinajstić information content (AvgIpc) is 3.54. The van der Waals surface area contributed by atoms with Crippen LogP contribution in [0.5, 0.6) is 0 Å². The molecule has 1 aliphatic carbocycles. The van der Waals surface area contributed by atoms with Crippen molar-refractivity contribution in [3.8, 4) is 5.69 Å². The third kappa shape index (κ3) is 3.97. The van der Waals surface area contributed by atoms with Crippen LogP contribution < -0.4 is 10.6 Å². The average molecular weight is 428 g/mol. The molecule has 1 heterocycles. The summed E-state index contributed by atoms with van der Waals surface area (Å²) in [4.78, 5) is 29.5. The number of fused-ring (bicyclic) bond motifs is 1. The number of amides is 2. The zero-order chi connectivity index (χ0) is 22.2. The second-order valence-corrected chi connectivity index (χ2v) is 7.95. The lowest BCUT2D eigenvalue weighted by Crippen LogP contribution is -2.25. The number of hydrogen-bond acceptors (Lipinski definition) is 3. The molecule has 4 aromatic rings. The summed E-state index contributed by atoms with van der Waals surface area (Å²) < 4.78 is 15.2. The first kappa shape index (κ1) is 19.9. The fraction of sp³-hybridized carbons (Fsp3) is 0.160. The highest BCUT2D eigenvalue weighted by molar-refractivity contribution is 6.06. The third-order valence-corrected chi connectivity index (χ3v) is 5.49. The molecule has 7 heteroatoms. The number of benzene rings is 3. The zero-order valence-electron chi connectivity index (χ0n) is 17.4. The van der Waals surface area contributed by atoms with E-state index in [2.05, 4.69) is 15.6 Å². The molecule has 5 rings (SSSR count). The van der Waals surface area contributed by atoms with E-state index in [0.29, 0.717) is 22.9 Å². The van der Waals surface area contributed by atoms with E-state index in [4.69, 9.17) is 0 Å². The van der Waals surface area contributed by atoms with Gasteiger partial charge in [0.05, 0.1) is 11.0 Å². The molecule has 0 radical (unpaired) electrons. The van der Waals surface area contributed by atoms with Gasteiger partial charge in [0.25, 0.3) is 11.8 Å². The molecule has 0 bridgehead atoms. The van der Waals surface area contributed by atoms with E-state index in [0.717, 1.165) is 35.4 Å². The molecule has 32 heavy (non-hydrogen) atoms. The number of carbonyl (C=O) groups excluding carboxylic acids is 2. The molecular weight excluding hydrogens is 407 g/mol. The number of anilines is 1. The van der Waals surface area contributed by atoms with Crippen LogP contribution in [-0.2, 0) is 0 Å². The number of hydrogen-bond donors (Lipinski definition) is 2. The van der Waals surface area contributed by atoms with Crippen molar-refractivity contribution >= 4 is 28.5 Å². The van der Waals surface area contributed by atoms with Gasteiger partial charge in [0.1, 0.15) is 11.6 Å². The summed E-state index contributed by atoms with van der Waals surface area (Å²) in [6.07, 6.45) is 2.06. The first-order chi connectivity index (χ1) is 15.5. The quantitative estimate of drug-likeness (QED) is 0.487. The second kappa shape index (κ2) is 7.92. The van der Waals surface area contributed by atoms with E-state index < -0.39 is 0 Å². The molecular formula is C25H21FN4O2. The molecule has 2 N–H and O–H groups in total. The van der Waals surface area contributed by atoms with Crippen LogP contribution in [-0.4, -0.2) is 27.4 Å². The Morgan fingerprint density at radius 1 is 0.938 bits per heavy atom. The van der Waals surface area contributed by atoms with Crippen LogP contribution in [0.1, 0.15) is 39.4 Å². The van der Waals surface area contributed by atoms with Gasteiger partial charge < -0.3 is 10.6 Å². The number of aromatic nitrogens is 2. The van der Waals surface area contributed by atoms with Gasteiger partial charge in [-0.1, -0.05) is 0 Å². The van der Waals surface area contributed by atoms with E-state index in [9.17, 15) is 14.0 Å². The summed E-state index contributed by atoms with van der Waals surface area (Å²) in [5, 5.41) is 5.81. The van der Waals surface area contributed by atoms with Crippen molar-refractivity contribution in [1.82, 2.24) is 14.9 Å². The van der Waals surface area contributed by atoms with Gasteiger partial charge >= 0.3 is 0 Å². The summed E-state index contributed by atoms with van der Waals surface area (Å²) in [6.45, 7) is 1.87. The Kier molecular flexibility index (Phi) is 4.93. The van der Waals surface area contributed by atoms with Gasteiger partial charge in [0.15, 0.2) is 0 Å². The maximum Gasteiger partial charge on any atom is 0.255 e. The highest BCUT2D eigenvalue weighted by Crippen LogP contribution is 2.24. The number of imidazole rings is 1. The minimum Gasteiger partial charge on any atom is -0.349 e. The first-order valence-corrected chi connectivity index (χ1v) is 10.5. The molecule has 0 spiro atoms. The molecule has 0 unspecified atom stereocenters. The van der Waals surface area contributed by atoms with E-state index in [1.54, 1.807) is 54.6 Å². The zero-order valence-corrected chi connectivity index (χ0v) is 17.4. The Bertz CT molecular complexity index is 1320. The first-order valence-electron chi connectivity index (χ1n) is 10.5. The van der Waals surface area contributed by atoms with Gasteiger partial charge in [0, 0.05) is 28.5 Å². The number of carbonyl (C=O) groups is 2. The van der Waals surface area contributed by atoms with Crippen molar-refractivity contribution in [3.05, 3.63) is 89.5 Å². The maximum absolute atomic E-state index is 13.3. The Morgan fingerprint density at radius 2 is 1.62 bits per heavy atom. The number of aryl methyl sites for hydroxylation is 1. The van der Waals surface area contributed by atoms with Crippen molar-refractivity contribution in [1.29, 1.82) is 0 Å². The molecule has 0 saturated heterocycles. The lowest BCUT2D eigenvalue weighted by molar-refractivity contribution is 0.0950. The normalized spacial score (nSPS) is 13.2. The molecule has 1 aliphatic rings. The van der Waals surface area contributed by atoms with Crippen molar-refractivity contribution in [2.45, 2.75) is 25.8 Å². The van der Waals surface area contributed by atoms with Crippen molar-refractivity contribution in [3.63, 3.8) is 0 Å². The minimum atomic E-state index is -0.313. The van der Waals surface area contributed by atoms with Crippen molar-refractivity contribution in [2.75, 3.05) is 5.32 Å². The van der Waals surface area contributed by atoms with Gasteiger partial charge in [-0.3, -0.25) is 14.2 Å². The number of rotatable bonds is 5. The number of halogens is 1. The topological polar surface area (TPSA) is 76.0 Å². The SMILES string of the molecule is Cc1nc2ccc(C(=O)Nc3ccc(C(=O)NC4CC4)cc3)cc2n1-c1ccc(F)cc1. The lowest BCUT2D eigenvalue weighted by atomic mass is 10.1. The van der Waals surface area contributed by atoms with Crippen LogP contribution in [0.15, 0.2) is 66.7 Å². The van der Waals surface area contributed by atoms with Gasteiger partial charge in [0.2, 0.25) is 0 Å². The predicted molar refractivity (Wildman–Crippen MR) is 121 cm³/mol. The van der Waals surface area contributed by atoms with Crippen LogP contribution in [0.25, 0.3) is 16.7 Å². The standard InChI is InChI=1S/C25H21FN4O2/c1-15-27-22-13-4-17(14-23(22)30(15)21-11-5-18(26)6-12-21)25(32)29-19-7-2-16(3-8-19)24(31)28-20-9-10-20/h2-8,11-14,20H,9-10H2,1H3,(H,28,31)(H,29,32). The fourth-order valence-electron chi connectivity index (χ4n) is 3.66. The van der Waals surface area contributed by atoms with E-state index in [1.165, 1.54) is 12.1 Å². The van der Waals surface area contributed by atoms with Gasteiger partial charge in [-0.2, -0.15) is 0 Å². The van der Waals surface area contributed by atoms with Crippen LogP contribution in [0.4, 0.5) is 10.1 Å². The lowest BCUT2D eigenvalue weighted by Gasteiger charge is -2.09. The summed E-state index contributed by atoms with van der Waals surface area (Å²) in [5.74, 6) is 0.0583. The largest absolute Gasteiger partial charge is 0.349 e. The molecule has 3 aromatic carbocycles. The molecule has 0 atom stereocenters. The van der Waals surface area contributed by atoms with Crippen LogP contribution >= 0.6 is 0 Å². The van der Waals surface area contributed by atoms with Crippen molar-refractivity contribution < 1.29 is 14.0 Å². The van der Waals surface area contributed by atoms with E-state index >= 15 is 0 Å². The van der Waals surface area contributed by atoms with Crippen molar-refractivity contribution in [2.24, 2.45) is 0 Å². The predicted octanol–water partition coefficient (Wildman–Crippen LogP) is 4.62. The Morgan fingerprint density at radius 3 is 2.31 bits per heavy atom. The van der Waals surface area contributed by atoms with E-state index in [-0.39, 0.29) is 17.6 Å². The summed E-state index contributed by atoms with van der Waals surface area (Å²) >= 11 is 0. The molecule has 2 amide bonds. The Balaban J connectivity index is 1.38. The smallest absolute Gasteiger partial charge is 0.255 e. The maximum atomic E-state index is 13.3. The van der Waals surface area contributed by atoms with Gasteiger partial charge in [-0.25, -0.2) is 9.37 Å². The highest BCUT2D eigenvalue weighted by Gasteiger charge is 2.23. The van der Waals surface area contributed by atoms with E-state index in [1.807, 2.05) is 11.5 Å². The second-order valence-electron chi connectivity index (χ2n) is 7.95. The van der Waals surface area contributed by atoms with Crippen LogP contribution in [0.3, 0.4) is 0 Å². The molecule has 1 saturated carbocycles. The molecule has 160 valence electrons. The Hall–Kier alpha value is -4.00. The molecule has 1 fully saturated rings. The third-order valence-electron chi connectivity index (χ3n) is 5.49. The highest BCUT2D eigenvalue weighted by atomic mass is 19.1. The summed E-state index contributed by atoms with van der Waals surface area (Å²) in [7, 11) is 0.